The molecule has 0 bridgehead atoms. The number of carbonyl (C=O) groups excluding carboxylic acids is 1. The zero-order valence-corrected chi connectivity index (χ0v) is 20.1. The number of carboxylic acids is 1. The molecule has 0 radical (unpaired) electrons. The molecule has 0 fully saturated rings. The van der Waals surface area contributed by atoms with Crippen LogP contribution in [0.3, 0.4) is 0 Å². The van der Waals surface area contributed by atoms with Gasteiger partial charge in [-0.15, -0.1) is 0 Å². The molecule has 1 amide bonds. The van der Waals surface area contributed by atoms with Crippen molar-refractivity contribution in [2.45, 2.75) is 25.4 Å². The molecule has 4 aromatic rings. The Balaban J connectivity index is 1.47. The van der Waals surface area contributed by atoms with Crippen LogP contribution in [0, 0.1) is 5.82 Å². The van der Waals surface area contributed by atoms with E-state index in [1.54, 1.807) is 24.3 Å². The highest BCUT2D eigenvalue weighted by Gasteiger charge is 2.34. The minimum Gasteiger partial charge on any atom is -0.482 e. The van der Waals surface area contributed by atoms with Gasteiger partial charge in [0, 0.05) is 47.2 Å². The summed E-state index contributed by atoms with van der Waals surface area (Å²) < 4.78 is 21.1. The lowest BCUT2D eigenvalue weighted by atomic mass is 9.87. The number of nitrogens with zero attached hydrogens (tertiary/aromatic N) is 2. The SMILES string of the molecule is O=C(O)COc1ccc(Cl)cc1C1c2ccccc2CCN1C(=O)CCn1ccc2cc(F)ccc21. The van der Waals surface area contributed by atoms with Crippen molar-refractivity contribution in [1.82, 2.24) is 9.47 Å². The molecule has 2 heterocycles. The van der Waals surface area contributed by atoms with Gasteiger partial charge in [0.25, 0.3) is 0 Å². The van der Waals surface area contributed by atoms with E-state index in [9.17, 15) is 14.0 Å². The standard InChI is InChI=1S/C28H24ClFN2O4/c29-20-5-8-25(36-17-27(34)35)23(16-20)28-22-4-2-1-3-18(22)10-14-32(28)26(33)11-13-31-12-9-19-15-21(30)6-7-24(19)31/h1-9,12,15-16,28H,10-11,13-14,17H2,(H,34,35). The Morgan fingerprint density at radius 2 is 1.89 bits per heavy atom. The highest BCUT2D eigenvalue weighted by atomic mass is 35.5. The molecule has 0 aliphatic carbocycles. The Morgan fingerprint density at radius 3 is 2.72 bits per heavy atom. The highest BCUT2D eigenvalue weighted by Crippen LogP contribution is 2.40. The predicted molar refractivity (Wildman–Crippen MR) is 135 cm³/mol. The minimum absolute atomic E-state index is 0.0531. The van der Waals surface area contributed by atoms with Crippen LogP contribution in [0.5, 0.6) is 5.75 Å². The van der Waals surface area contributed by atoms with Crippen LogP contribution < -0.4 is 4.74 Å². The summed E-state index contributed by atoms with van der Waals surface area (Å²) >= 11 is 6.34. The number of carboxylic acid groups (broad SMARTS) is 1. The van der Waals surface area contributed by atoms with Gasteiger partial charge in [-0.05, 0) is 60.0 Å². The molecule has 1 unspecified atom stereocenters. The van der Waals surface area contributed by atoms with E-state index in [0.29, 0.717) is 35.8 Å². The van der Waals surface area contributed by atoms with Crippen LogP contribution in [0.25, 0.3) is 10.9 Å². The second kappa shape index (κ2) is 10.0. The molecule has 5 rings (SSSR count). The van der Waals surface area contributed by atoms with E-state index >= 15 is 0 Å². The van der Waals surface area contributed by atoms with E-state index in [2.05, 4.69) is 0 Å². The molecule has 0 saturated heterocycles. The molecule has 36 heavy (non-hydrogen) atoms. The Kier molecular flexibility index (Phi) is 6.65. The van der Waals surface area contributed by atoms with Crippen molar-refractivity contribution in [3.8, 4) is 5.75 Å². The maximum Gasteiger partial charge on any atom is 0.341 e. The summed E-state index contributed by atoms with van der Waals surface area (Å²) in [5, 5.41) is 10.4. The first-order valence-electron chi connectivity index (χ1n) is 11.7. The van der Waals surface area contributed by atoms with Gasteiger partial charge in [-0.3, -0.25) is 4.79 Å². The number of aliphatic carboxylic acids is 1. The lowest BCUT2D eigenvalue weighted by Crippen LogP contribution is -2.41. The molecular formula is C28H24ClFN2O4. The Morgan fingerprint density at radius 1 is 1.06 bits per heavy atom. The lowest BCUT2D eigenvalue weighted by Gasteiger charge is -2.38. The van der Waals surface area contributed by atoms with Crippen LogP contribution in [0.4, 0.5) is 4.39 Å². The number of fused-ring (bicyclic) bond motifs is 2. The van der Waals surface area contributed by atoms with Crippen molar-refractivity contribution in [3.63, 3.8) is 0 Å². The summed E-state index contributed by atoms with van der Waals surface area (Å²) in [5.74, 6) is -1.07. The second-order valence-corrected chi connectivity index (χ2v) is 9.20. The van der Waals surface area contributed by atoms with Crippen molar-refractivity contribution in [3.05, 3.63) is 100 Å². The first-order valence-corrected chi connectivity index (χ1v) is 12.0. The second-order valence-electron chi connectivity index (χ2n) is 8.77. The van der Waals surface area contributed by atoms with Crippen LogP contribution in [-0.2, 0) is 22.6 Å². The maximum absolute atomic E-state index is 13.6. The van der Waals surface area contributed by atoms with Crippen molar-refractivity contribution in [2.24, 2.45) is 0 Å². The number of hydrogen-bond donors (Lipinski definition) is 1. The number of carbonyl (C=O) groups is 2. The van der Waals surface area contributed by atoms with E-state index < -0.39 is 18.6 Å². The number of halogens is 2. The van der Waals surface area contributed by atoms with E-state index in [-0.39, 0.29) is 18.1 Å². The van der Waals surface area contributed by atoms with E-state index in [0.717, 1.165) is 22.0 Å². The lowest BCUT2D eigenvalue weighted by molar-refractivity contribution is -0.139. The van der Waals surface area contributed by atoms with Gasteiger partial charge in [0.15, 0.2) is 6.61 Å². The van der Waals surface area contributed by atoms with E-state index in [1.165, 1.54) is 12.1 Å². The molecule has 0 spiro atoms. The fraction of sp³-hybridized carbons (Fsp3) is 0.214. The molecule has 184 valence electrons. The van der Waals surface area contributed by atoms with Crippen molar-refractivity contribution >= 4 is 34.4 Å². The molecule has 0 saturated carbocycles. The minimum atomic E-state index is -1.09. The van der Waals surface area contributed by atoms with Gasteiger partial charge in [-0.25, -0.2) is 9.18 Å². The summed E-state index contributed by atoms with van der Waals surface area (Å²) in [5.41, 5.74) is 3.59. The molecule has 1 aliphatic rings. The Hall–Kier alpha value is -3.84. The average molecular weight is 507 g/mol. The predicted octanol–water partition coefficient (Wildman–Crippen LogP) is 5.46. The molecule has 1 aliphatic heterocycles. The van der Waals surface area contributed by atoms with E-state index in [1.807, 2.05) is 46.0 Å². The first-order chi connectivity index (χ1) is 17.4. The van der Waals surface area contributed by atoms with Crippen molar-refractivity contribution in [2.75, 3.05) is 13.2 Å². The third kappa shape index (κ3) is 4.79. The van der Waals surface area contributed by atoms with Gasteiger partial charge in [-0.1, -0.05) is 35.9 Å². The van der Waals surface area contributed by atoms with Crippen molar-refractivity contribution < 1.29 is 23.8 Å². The fourth-order valence-corrected chi connectivity index (χ4v) is 5.08. The van der Waals surface area contributed by atoms with Crippen LogP contribution in [0.15, 0.2) is 72.9 Å². The summed E-state index contributed by atoms with van der Waals surface area (Å²) in [6, 6.07) is 18.9. The molecule has 1 N–H and O–H groups in total. The number of aromatic nitrogens is 1. The maximum atomic E-state index is 13.6. The van der Waals surface area contributed by atoms with E-state index in [4.69, 9.17) is 21.4 Å². The molecule has 3 aromatic carbocycles. The number of hydrogen-bond acceptors (Lipinski definition) is 3. The quantitative estimate of drug-likeness (QED) is 0.361. The Bertz CT molecular complexity index is 1450. The summed E-state index contributed by atoms with van der Waals surface area (Å²) in [7, 11) is 0. The number of aryl methyl sites for hydroxylation is 1. The van der Waals surface area contributed by atoms with Crippen LogP contribution in [-0.4, -0.2) is 39.6 Å². The Labute approximate surface area is 212 Å². The van der Waals surface area contributed by atoms with Crippen LogP contribution >= 0.6 is 11.6 Å². The number of amides is 1. The van der Waals surface area contributed by atoms with Crippen LogP contribution in [0.2, 0.25) is 5.02 Å². The monoisotopic (exact) mass is 506 g/mol. The number of rotatable bonds is 7. The normalized spacial score (nSPS) is 15.1. The first kappa shape index (κ1) is 23.9. The van der Waals surface area contributed by atoms with Gasteiger partial charge in [0.1, 0.15) is 11.6 Å². The highest BCUT2D eigenvalue weighted by molar-refractivity contribution is 6.30. The number of ether oxygens (including phenoxy) is 1. The molecular weight excluding hydrogens is 483 g/mol. The van der Waals surface area contributed by atoms with Gasteiger partial charge in [0.05, 0.1) is 6.04 Å². The number of benzene rings is 3. The van der Waals surface area contributed by atoms with Crippen LogP contribution in [0.1, 0.15) is 29.2 Å². The average Bonchev–Trinajstić information content (AvgIpc) is 3.27. The summed E-state index contributed by atoms with van der Waals surface area (Å²) in [4.78, 5) is 26.6. The van der Waals surface area contributed by atoms with Gasteiger partial charge >= 0.3 is 5.97 Å². The zero-order valence-electron chi connectivity index (χ0n) is 19.4. The summed E-state index contributed by atoms with van der Waals surface area (Å²) in [6.45, 7) is 0.442. The zero-order chi connectivity index (χ0) is 25.2. The molecule has 6 nitrogen and oxygen atoms in total. The largest absolute Gasteiger partial charge is 0.482 e. The van der Waals surface area contributed by atoms with Gasteiger partial charge in [0.2, 0.25) is 5.91 Å². The van der Waals surface area contributed by atoms with Crippen molar-refractivity contribution in [1.29, 1.82) is 0 Å². The molecule has 8 heteroatoms. The molecule has 1 atom stereocenters. The molecule has 1 aromatic heterocycles. The van der Waals surface area contributed by atoms with Gasteiger partial charge < -0.3 is 19.3 Å². The third-order valence-corrected chi connectivity index (χ3v) is 6.76. The third-order valence-electron chi connectivity index (χ3n) is 6.52. The van der Waals surface area contributed by atoms with Gasteiger partial charge in [-0.2, -0.15) is 0 Å². The fourth-order valence-electron chi connectivity index (χ4n) is 4.90. The topological polar surface area (TPSA) is 71.8 Å². The summed E-state index contributed by atoms with van der Waals surface area (Å²) in [6.07, 6.45) is 2.80. The smallest absolute Gasteiger partial charge is 0.341 e.